The quantitative estimate of drug-likeness (QED) is 0.882. The van der Waals surface area contributed by atoms with E-state index in [2.05, 4.69) is 31.0 Å². The number of nitrogens with one attached hydrogen (secondary N) is 2. The number of aryl methyl sites for hydroxylation is 1. The molecule has 0 bridgehead atoms. The summed E-state index contributed by atoms with van der Waals surface area (Å²) in [5, 5.41) is 2.83. The molecular weight excluding hydrogens is 318 g/mol. The molecule has 5 nitrogen and oxygen atoms in total. The first-order valence-electron chi connectivity index (χ1n) is 5.83. The Hall–Kier alpha value is -0.660. The monoisotopic (exact) mass is 333 g/mol. The largest absolute Gasteiger partial charge is 0.317 e. The molecule has 0 aromatic carbocycles. The van der Waals surface area contributed by atoms with Gasteiger partial charge in [-0.1, -0.05) is 0 Å². The van der Waals surface area contributed by atoms with Crippen LogP contribution in [-0.2, 0) is 10.0 Å². The van der Waals surface area contributed by atoms with Gasteiger partial charge in [-0.2, -0.15) is 0 Å². The second kappa shape index (κ2) is 5.54. The van der Waals surface area contributed by atoms with Gasteiger partial charge in [-0.05, 0) is 60.4 Å². The number of aromatic nitrogens is 1. The Morgan fingerprint density at radius 2 is 2.11 bits per heavy atom. The summed E-state index contributed by atoms with van der Waals surface area (Å²) >= 11 is 3.30. The van der Waals surface area contributed by atoms with E-state index in [-0.39, 0.29) is 5.25 Å². The van der Waals surface area contributed by atoms with Crippen LogP contribution in [0.2, 0.25) is 0 Å². The first-order valence-corrected chi connectivity index (χ1v) is 8.17. The van der Waals surface area contributed by atoms with Crippen molar-refractivity contribution in [3.63, 3.8) is 0 Å². The lowest BCUT2D eigenvalue weighted by molar-refractivity contribution is 0.499. The molecule has 0 saturated carbocycles. The Labute approximate surface area is 116 Å². The number of hydrogen-bond acceptors (Lipinski definition) is 4. The van der Waals surface area contributed by atoms with E-state index in [1.807, 2.05) is 13.0 Å². The van der Waals surface area contributed by atoms with Crippen molar-refractivity contribution in [1.29, 1.82) is 0 Å². The third-order valence-electron chi connectivity index (χ3n) is 3.01. The van der Waals surface area contributed by atoms with Gasteiger partial charge in [0.2, 0.25) is 10.0 Å². The molecule has 100 valence electrons. The number of anilines is 1. The van der Waals surface area contributed by atoms with Crippen LogP contribution in [0, 0.1) is 6.92 Å². The molecule has 0 unspecified atom stereocenters. The summed E-state index contributed by atoms with van der Waals surface area (Å²) in [6.07, 6.45) is 2.88. The van der Waals surface area contributed by atoms with Gasteiger partial charge >= 0.3 is 0 Å². The highest BCUT2D eigenvalue weighted by Crippen LogP contribution is 2.21. The van der Waals surface area contributed by atoms with Gasteiger partial charge in [-0.3, -0.25) is 4.72 Å². The molecule has 2 N–H and O–H groups in total. The van der Waals surface area contributed by atoms with E-state index in [0.29, 0.717) is 18.7 Å². The highest BCUT2D eigenvalue weighted by atomic mass is 79.9. The lowest BCUT2D eigenvalue weighted by atomic mass is 10.2. The maximum Gasteiger partial charge on any atom is 0.236 e. The minimum atomic E-state index is -3.34. The van der Waals surface area contributed by atoms with Gasteiger partial charge in [-0.25, -0.2) is 13.4 Å². The highest BCUT2D eigenvalue weighted by molar-refractivity contribution is 9.10. The molecule has 1 fully saturated rings. The second-order valence-corrected chi connectivity index (χ2v) is 7.29. The molecule has 1 aromatic heterocycles. The third-order valence-corrected chi connectivity index (χ3v) is 5.27. The van der Waals surface area contributed by atoms with Crippen LogP contribution in [0.4, 0.5) is 5.82 Å². The number of hydrogen-bond donors (Lipinski definition) is 2. The number of rotatable bonds is 3. The summed E-state index contributed by atoms with van der Waals surface area (Å²) < 4.78 is 27.8. The van der Waals surface area contributed by atoms with E-state index < -0.39 is 10.0 Å². The van der Waals surface area contributed by atoms with E-state index in [1.165, 1.54) is 0 Å². The Kier molecular flexibility index (Phi) is 4.24. The van der Waals surface area contributed by atoms with E-state index in [0.717, 1.165) is 23.1 Å². The van der Waals surface area contributed by atoms with E-state index in [1.54, 1.807) is 6.20 Å². The van der Waals surface area contributed by atoms with Gasteiger partial charge in [0.25, 0.3) is 0 Å². The van der Waals surface area contributed by atoms with Crippen LogP contribution in [-0.4, -0.2) is 31.7 Å². The van der Waals surface area contributed by atoms with Gasteiger partial charge < -0.3 is 5.32 Å². The second-order valence-electron chi connectivity index (χ2n) is 4.42. The number of halogens is 1. The Morgan fingerprint density at radius 3 is 2.72 bits per heavy atom. The third kappa shape index (κ3) is 3.21. The van der Waals surface area contributed by atoms with Crippen molar-refractivity contribution in [2.75, 3.05) is 17.8 Å². The Bertz CT molecular complexity index is 527. The van der Waals surface area contributed by atoms with Crippen LogP contribution in [0.3, 0.4) is 0 Å². The molecule has 7 heteroatoms. The van der Waals surface area contributed by atoms with Gasteiger partial charge in [0.05, 0.1) is 5.25 Å². The average Bonchev–Trinajstić information content (AvgIpc) is 2.34. The minimum Gasteiger partial charge on any atom is -0.317 e. The summed E-state index contributed by atoms with van der Waals surface area (Å²) in [5.41, 5.74) is 0.807. The molecule has 2 rings (SSSR count). The van der Waals surface area contributed by atoms with Crippen molar-refractivity contribution in [1.82, 2.24) is 10.3 Å². The molecule has 18 heavy (non-hydrogen) atoms. The summed E-state index contributed by atoms with van der Waals surface area (Å²) in [6, 6.07) is 1.84. The Morgan fingerprint density at radius 1 is 1.44 bits per heavy atom. The number of nitrogens with zero attached hydrogens (tertiary/aromatic N) is 1. The van der Waals surface area contributed by atoms with Crippen LogP contribution in [0.25, 0.3) is 0 Å². The van der Waals surface area contributed by atoms with E-state index in [4.69, 9.17) is 0 Å². The predicted octanol–water partition coefficient (Wildman–Crippen LogP) is 1.65. The molecule has 1 aliphatic rings. The summed E-state index contributed by atoms with van der Waals surface area (Å²) in [6.45, 7) is 3.33. The first kappa shape index (κ1) is 13.8. The number of pyridine rings is 1. The molecule has 0 radical (unpaired) electrons. The van der Waals surface area contributed by atoms with Crippen LogP contribution in [0.15, 0.2) is 16.7 Å². The van der Waals surface area contributed by atoms with E-state index in [9.17, 15) is 8.42 Å². The van der Waals surface area contributed by atoms with Gasteiger partial charge in [-0.15, -0.1) is 0 Å². The Balaban J connectivity index is 2.16. The van der Waals surface area contributed by atoms with Gasteiger partial charge in [0, 0.05) is 10.7 Å². The maximum atomic E-state index is 12.2. The lowest BCUT2D eigenvalue weighted by Crippen LogP contribution is -2.38. The normalized spacial score (nSPS) is 17.7. The molecule has 1 aliphatic heterocycles. The SMILES string of the molecule is Cc1cc(Br)cnc1NS(=O)(=O)C1CCNCC1. The summed E-state index contributed by atoms with van der Waals surface area (Å²) in [5.74, 6) is 0.414. The molecule has 1 saturated heterocycles. The number of piperidine rings is 1. The molecule has 2 heterocycles. The zero-order valence-corrected chi connectivity index (χ0v) is 12.5. The van der Waals surface area contributed by atoms with Crippen molar-refractivity contribution >= 4 is 31.8 Å². The predicted molar refractivity (Wildman–Crippen MR) is 75.1 cm³/mol. The van der Waals surface area contributed by atoms with Crippen molar-refractivity contribution in [2.45, 2.75) is 25.0 Å². The molecule has 0 amide bonds. The summed E-state index contributed by atoms with van der Waals surface area (Å²) in [4.78, 5) is 4.11. The zero-order valence-electron chi connectivity index (χ0n) is 10.1. The zero-order chi connectivity index (χ0) is 13.2. The molecule has 0 aliphatic carbocycles. The standard InChI is InChI=1S/C11H16BrN3O2S/c1-8-6-9(12)7-14-11(8)15-18(16,17)10-2-4-13-5-3-10/h6-7,10,13H,2-5H2,1H3,(H,14,15). The first-order chi connectivity index (χ1) is 8.49. The minimum absolute atomic E-state index is 0.330. The lowest BCUT2D eigenvalue weighted by Gasteiger charge is -2.23. The molecule has 0 atom stereocenters. The fourth-order valence-corrected chi connectivity index (χ4v) is 3.92. The van der Waals surface area contributed by atoms with Crippen molar-refractivity contribution in [3.8, 4) is 0 Å². The van der Waals surface area contributed by atoms with Crippen LogP contribution in [0.5, 0.6) is 0 Å². The fourth-order valence-electron chi connectivity index (χ4n) is 1.97. The molecule has 1 aromatic rings. The van der Waals surface area contributed by atoms with Crippen molar-refractivity contribution in [3.05, 3.63) is 22.3 Å². The molecule has 0 spiro atoms. The highest BCUT2D eigenvalue weighted by Gasteiger charge is 2.27. The van der Waals surface area contributed by atoms with Gasteiger partial charge in [0.1, 0.15) is 5.82 Å². The van der Waals surface area contributed by atoms with Gasteiger partial charge in [0.15, 0.2) is 0 Å². The van der Waals surface area contributed by atoms with Crippen LogP contribution in [0.1, 0.15) is 18.4 Å². The fraction of sp³-hybridized carbons (Fsp3) is 0.545. The maximum absolute atomic E-state index is 12.2. The van der Waals surface area contributed by atoms with Crippen molar-refractivity contribution < 1.29 is 8.42 Å². The average molecular weight is 334 g/mol. The van der Waals surface area contributed by atoms with E-state index >= 15 is 0 Å². The number of sulfonamides is 1. The van der Waals surface area contributed by atoms with Crippen molar-refractivity contribution in [2.24, 2.45) is 0 Å². The molecular formula is C11H16BrN3O2S. The summed E-state index contributed by atoms with van der Waals surface area (Å²) in [7, 11) is -3.34. The topological polar surface area (TPSA) is 71.1 Å². The van der Waals surface area contributed by atoms with Crippen LogP contribution >= 0.6 is 15.9 Å². The van der Waals surface area contributed by atoms with Crippen LogP contribution < -0.4 is 10.0 Å². The smallest absolute Gasteiger partial charge is 0.236 e.